The summed E-state index contributed by atoms with van der Waals surface area (Å²) in [6.07, 6.45) is 3.08. The molecule has 7 heteroatoms. The Kier molecular flexibility index (Phi) is 6.13. The summed E-state index contributed by atoms with van der Waals surface area (Å²) in [6, 6.07) is 15.5. The van der Waals surface area contributed by atoms with Gasteiger partial charge in [-0.25, -0.2) is 9.37 Å². The molecule has 5 nitrogen and oxygen atoms in total. The molecule has 1 saturated carbocycles. The number of rotatable bonds is 6. The Bertz CT molecular complexity index is 1080. The molecular weight excluding hydrogens is 415 g/mol. The van der Waals surface area contributed by atoms with Crippen molar-refractivity contribution >= 4 is 34.0 Å². The largest absolute Gasteiger partial charge is 0.458 e. The lowest BCUT2D eigenvalue weighted by atomic mass is 9.79. The zero-order valence-corrected chi connectivity index (χ0v) is 18.0. The third-order valence-electron chi connectivity index (χ3n) is 5.64. The molecule has 2 aromatic carbocycles. The lowest BCUT2D eigenvalue weighted by Gasteiger charge is -2.27. The molecule has 0 N–H and O–H groups in total. The molecule has 0 aliphatic heterocycles. The van der Waals surface area contributed by atoms with Crippen LogP contribution in [0, 0.1) is 5.82 Å². The molecule has 0 unspecified atom stereocenters. The van der Waals surface area contributed by atoms with Crippen LogP contribution in [0.3, 0.4) is 0 Å². The second-order valence-corrected chi connectivity index (χ2v) is 8.52. The SMILES string of the molecule is CC(=O)N(c1ccccc1)c1nc(COC(=O)C2(c3cccc(F)c3)CCCC2)cs1. The van der Waals surface area contributed by atoms with E-state index in [2.05, 4.69) is 4.98 Å². The molecule has 0 bridgehead atoms. The number of amides is 1. The Labute approximate surface area is 184 Å². The number of hydrogen-bond acceptors (Lipinski definition) is 5. The van der Waals surface area contributed by atoms with Crippen LogP contribution in [0.1, 0.15) is 43.9 Å². The minimum atomic E-state index is -0.809. The van der Waals surface area contributed by atoms with E-state index in [1.807, 2.05) is 30.3 Å². The molecular formula is C24H23FN2O3S. The van der Waals surface area contributed by atoms with Gasteiger partial charge in [0.15, 0.2) is 5.13 Å². The highest BCUT2D eigenvalue weighted by molar-refractivity contribution is 7.14. The zero-order chi connectivity index (χ0) is 21.8. The predicted octanol–water partition coefficient (Wildman–Crippen LogP) is 5.52. The van der Waals surface area contributed by atoms with Gasteiger partial charge in [0.2, 0.25) is 5.91 Å². The van der Waals surface area contributed by atoms with Crippen molar-refractivity contribution in [2.24, 2.45) is 0 Å². The lowest BCUT2D eigenvalue weighted by molar-refractivity contribution is -0.152. The van der Waals surface area contributed by atoms with Gasteiger partial charge in [-0.1, -0.05) is 43.2 Å². The van der Waals surface area contributed by atoms with Crippen LogP contribution in [0.2, 0.25) is 0 Å². The van der Waals surface area contributed by atoms with Gasteiger partial charge in [-0.2, -0.15) is 0 Å². The Balaban J connectivity index is 1.50. The number of carbonyl (C=O) groups excluding carboxylic acids is 2. The zero-order valence-electron chi connectivity index (χ0n) is 17.2. The first-order valence-electron chi connectivity index (χ1n) is 10.2. The van der Waals surface area contributed by atoms with Crippen molar-refractivity contribution in [3.63, 3.8) is 0 Å². The number of esters is 1. The maximum atomic E-state index is 13.8. The number of nitrogens with zero attached hydrogens (tertiary/aromatic N) is 2. The first-order valence-corrected chi connectivity index (χ1v) is 11.1. The van der Waals surface area contributed by atoms with Gasteiger partial charge in [0.25, 0.3) is 0 Å². The van der Waals surface area contributed by atoms with Crippen LogP contribution in [0.25, 0.3) is 0 Å². The Hall–Kier alpha value is -3.06. The first kappa shape index (κ1) is 21.2. The topological polar surface area (TPSA) is 59.5 Å². The molecule has 0 saturated heterocycles. The second-order valence-electron chi connectivity index (χ2n) is 7.69. The van der Waals surface area contributed by atoms with Crippen LogP contribution >= 0.6 is 11.3 Å². The highest BCUT2D eigenvalue weighted by Gasteiger charge is 2.44. The molecule has 160 valence electrons. The molecule has 0 spiro atoms. The molecule has 1 heterocycles. The molecule has 1 aliphatic rings. The number of aromatic nitrogens is 1. The van der Waals surface area contributed by atoms with E-state index in [9.17, 15) is 14.0 Å². The number of hydrogen-bond donors (Lipinski definition) is 0. The number of anilines is 2. The highest BCUT2D eigenvalue weighted by atomic mass is 32.1. The second kappa shape index (κ2) is 8.98. The molecule has 1 fully saturated rings. The quantitative estimate of drug-likeness (QED) is 0.475. The van der Waals surface area contributed by atoms with Crippen molar-refractivity contribution in [1.82, 2.24) is 4.98 Å². The number of para-hydroxylation sites is 1. The van der Waals surface area contributed by atoms with Crippen LogP contribution in [-0.2, 0) is 26.3 Å². The van der Waals surface area contributed by atoms with E-state index in [1.165, 1.54) is 35.3 Å². The van der Waals surface area contributed by atoms with Gasteiger partial charge < -0.3 is 4.74 Å². The molecule has 3 aromatic rings. The van der Waals surface area contributed by atoms with Gasteiger partial charge in [-0.3, -0.25) is 14.5 Å². The molecule has 1 aromatic heterocycles. The summed E-state index contributed by atoms with van der Waals surface area (Å²) in [6.45, 7) is 1.49. The minimum absolute atomic E-state index is 0.00688. The minimum Gasteiger partial charge on any atom is -0.458 e. The third-order valence-corrected chi connectivity index (χ3v) is 6.51. The Morgan fingerprint density at radius 3 is 2.55 bits per heavy atom. The molecule has 1 aliphatic carbocycles. The smallest absolute Gasteiger partial charge is 0.316 e. The predicted molar refractivity (Wildman–Crippen MR) is 118 cm³/mol. The van der Waals surface area contributed by atoms with Crippen LogP contribution < -0.4 is 4.90 Å². The van der Waals surface area contributed by atoms with Crippen molar-refractivity contribution in [3.05, 3.63) is 77.1 Å². The molecule has 1 amide bonds. The molecule has 4 rings (SSSR count). The lowest BCUT2D eigenvalue weighted by Crippen LogP contribution is -2.34. The number of thiazole rings is 1. The van der Waals surface area contributed by atoms with E-state index in [0.717, 1.165) is 18.5 Å². The van der Waals surface area contributed by atoms with Gasteiger partial charge in [0.05, 0.1) is 16.8 Å². The van der Waals surface area contributed by atoms with E-state index in [0.29, 0.717) is 29.2 Å². The van der Waals surface area contributed by atoms with Crippen molar-refractivity contribution in [2.45, 2.75) is 44.6 Å². The van der Waals surface area contributed by atoms with Crippen molar-refractivity contribution in [3.8, 4) is 0 Å². The van der Waals surface area contributed by atoms with E-state index in [-0.39, 0.29) is 24.3 Å². The van der Waals surface area contributed by atoms with Crippen LogP contribution in [-0.4, -0.2) is 16.9 Å². The number of ether oxygens (including phenoxy) is 1. The van der Waals surface area contributed by atoms with E-state index < -0.39 is 5.41 Å². The number of benzene rings is 2. The van der Waals surface area contributed by atoms with Crippen molar-refractivity contribution < 1.29 is 18.7 Å². The maximum Gasteiger partial charge on any atom is 0.316 e. The summed E-state index contributed by atoms with van der Waals surface area (Å²) in [5, 5.41) is 2.30. The van der Waals surface area contributed by atoms with Crippen molar-refractivity contribution in [1.29, 1.82) is 0 Å². The van der Waals surface area contributed by atoms with E-state index in [4.69, 9.17) is 4.74 Å². The third kappa shape index (κ3) is 4.37. The standard InChI is InChI=1S/C24H23FN2O3S/c1-17(28)27(21-10-3-2-4-11-21)23-26-20(16-31-23)15-30-22(29)24(12-5-6-13-24)18-8-7-9-19(25)14-18/h2-4,7-11,14,16H,5-6,12-13,15H2,1H3. The van der Waals surface area contributed by atoms with Crippen LogP contribution in [0.15, 0.2) is 60.0 Å². The number of halogens is 1. The summed E-state index contributed by atoms with van der Waals surface area (Å²) in [4.78, 5) is 31.3. The Morgan fingerprint density at radius 2 is 1.87 bits per heavy atom. The van der Waals surface area contributed by atoms with Gasteiger partial charge in [-0.05, 0) is 42.7 Å². The van der Waals surface area contributed by atoms with Crippen LogP contribution in [0.4, 0.5) is 15.2 Å². The number of carbonyl (C=O) groups is 2. The van der Waals surface area contributed by atoms with Gasteiger partial charge in [0.1, 0.15) is 12.4 Å². The summed E-state index contributed by atoms with van der Waals surface area (Å²) in [5.41, 5.74) is 1.16. The van der Waals surface area contributed by atoms with Crippen LogP contribution in [0.5, 0.6) is 0 Å². The molecule has 0 radical (unpaired) electrons. The Morgan fingerprint density at radius 1 is 1.13 bits per heavy atom. The monoisotopic (exact) mass is 438 g/mol. The fourth-order valence-electron chi connectivity index (χ4n) is 4.12. The first-order chi connectivity index (χ1) is 15.0. The molecule has 0 atom stereocenters. The summed E-state index contributed by atoms with van der Waals surface area (Å²) in [7, 11) is 0. The summed E-state index contributed by atoms with van der Waals surface area (Å²) < 4.78 is 19.4. The van der Waals surface area contributed by atoms with Crippen molar-refractivity contribution in [2.75, 3.05) is 4.90 Å². The average Bonchev–Trinajstić information content (AvgIpc) is 3.44. The summed E-state index contributed by atoms with van der Waals surface area (Å²) >= 11 is 1.32. The van der Waals surface area contributed by atoms with Gasteiger partial charge in [-0.15, -0.1) is 11.3 Å². The fraction of sp³-hybridized carbons (Fsp3) is 0.292. The summed E-state index contributed by atoms with van der Waals surface area (Å²) in [5.74, 6) is -0.859. The normalized spacial score (nSPS) is 14.9. The van der Waals surface area contributed by atoms with Gasteiger partial charge in [0, 0.05) is 12.3 Å². The van der Waals surface area contributed by atoms with Gasteiger partial charge >= 0.3 is 5.97 Å². The van der Waals surface area contributed by atoms with E-state index >= 15 is 0 Å². The van der Waals surface area contributed by atoms with E-state index in [1.54, 1.807) is 17.5 Å². The highest BCUT2D eigenvalue weighted by Crippen LogP contribution is 2.42. The molecule has 31 heavy (non-hydrogen) atoms. The average molecular weight is 439 g/mol. The fourth-order valence-corrected chi connectivity index (χ4v) is 4.99. The maximum absolute atomic E-state index is 13.8.